The number of hydrogen-bond acceptors (Lipinski definition) is 1. The van der Waals surface area contributed by atoms with Gasteiger partial charge in [-0.3, -0.25) is 0 Å². The van der Waals surface area contributed by atoms with Gasteiger partial charge in [-0.2, -0.15) is 0 Å². The van der Waals surface area contributed by atoms with E-state index in [0.717, 1.165) is 13.0 Å². The molecule has 0 spiro atoms. The maximum absolute atomic E-state index is 3.45. The second-order valence-electron chi connectivity index (χ2n) is 4.50. The van der Waals surface area contributed by atoms with E-state index in [0.29, 0.717) is 6.04 Å². The standard InChI is InChI=1S/C14H20N2/c1-4-15-12(3)9-13-7-8-16-10-11(2)5-6-14(13)16/h5-8,10,12,15H,4,9H2,1-3H3. The van der Waals surface area contributed by atoms with Crippen LogP contribution in [0.15, 0.2) is 30.6 Å². The van der Waals surface area contributed by atoms with Crippen LogP contribution in [0.3, 0.4) is 0 Å². The van der Waals surface area contributed by atoms with Gasteiger partial charge < -0.3 is 9.72 Å². The molecule has 0 saturated carbocycles. The van der Waals surface area contributed by atoms with Crippen LogP contribution < -0.4 is 5.32 Å². The third-order valence-corrected chi connectivity index (χ3v) is 2.97. The lowest BCUT2D eigenvalue weighted by Crippen LogP contribution is -2.27. The van der Waals surface area contributed by atoms with E-state index >= 15 is 0 Å². The van der Waals surface area contributed by atoms with Crippen molar-refractivity contribution in [2.24, 2.45) is 0 Å². The number of likely N-dealkylation sites (N-methyl/N-ethyl adjacent to an activating group) is 1. The SMILES string of the molecule is CCNC(C)Cc1ccn2cc(C)ccc12. The highest BCUT2D eigenvalue weighted by Crippen LogP contribution is 2.15. The van der Waals surface area contributed by atoms with Gasteiger partial charge in [0.1, 0.15) is 0 Å². The lowest BCUT2D eigenvalue weighted by molar-refractivity contribution is 0.567. The first-order valence-electron chi connectivity index (χ1n) is 6.00. The first-order chi connectivity index (χ1) is 7.70. The van der Waals surface area contributed by atoms with Crippen LogP contribution in [0.25, 0.3) is 5.52 Å². The topological polar surface area (TPSA) is 16.4 Å². The van der Waals surface area contributed by atoms with Gasteiger partial charge in [0.15, 0.2) is 0 Å². The van der Waals surface area contributed by atoms with Gasteiger partial charge in [-0.1, -0.05) is 13.0 Å². The summed E-state index contributed by atoms with van der Waals surface area (Å²) in [5, 5.41) is 3.45. The van der Waals surface area contributed by atoms with E-state index in [1.165, 1.54) is 16.6 Å². The lowest BCUT2D eigenvalue weighted by atomic mass is 10.1. The lowest BCUT2D eigenvalue weighted by Gasteiger charge is -2.11. The Morgan fingerprint density at radius 3 is 2.88 bits per heavy atom. The molecule has 2 heterocycles. The molecule has 1 unspecified atom stereocenters. The molecule has 0 fully saturated rings. The summed E-state index contributed by atoms with van der Waals surface area (Å²) in [5.41, 5.74) is 4.05. The zero-order valence-corrected chi connectivity index (χ0v) is 10.3. The van der Waals surface area contributed by atoms with Gasteiger partial charge in [-0.25, -0.2) is 0 Å². The Bertz CT molecular complexity index is 471. The average molecular weight is 216 g/mol. The van der Waals surface area contributed by atoms with Crippen LogP contribution in [0.2, 0.25) is 0 Å². The Balaban J connectivity index is 2.25. The third-order valence-electron chi connectivity index (χ3n) is 2.97. The molecule has 2 aromatic rings. The minimum Gasteiger partial charge on any atom is -0.323 e. The molecule has 0 amide bonds. The average Bonchev–Trinajstić information content (AvgIpc) is 2.61. The summed E-state index contributed by atoms with van der Waals surface area (Å²) < 4.78 is 2.21. The van der Waals surface area contributed by atoms with Crippen molar-refractivity contribution in [1.29, 1.82) is 0 Å². The minimum atomic E-state index is 0.539. The van der Waals surface area contributed by atoms with Crippen molar-refractivity contribution in [2.75, 3.05) is 6.54 Å². The zero-order valence-electron chi connectivity index (χ0n) is 10.3. The fourth-order valence-electron chi connectivity index (χ4n) is 2.20. The van der Waals surface area contributed by atoms with E-state index in [-0.39, 0.29) is 0 Å². The highest BCUT2D eigenvalue weighted by molar-refractivity contribution is 5.56. The van der Waals surface area contributed by atoms with E-state index in [4.69, 9.17) is 0 Å². The van der Waals surface area contributed by atoms with E-state index in [2.05, 4.69) is 61.1 Å². The highest BCUT2D eigenvalue weighted by Gasteiger charge is 2.06. The Morgan fingerprint density at radius 1 is 1.31 bits per heavy atom. The number of fused-ring (bicyclic) bond motifs is 1. The molecule has 2 aromatic heterocycles. The minimum absolute atomic E-state index is 0.539. The number of aromatic nitrogens is 1. The quantitative estimate of drug-likeness (QED) is 0.831. The number of hydrogen-bond donors (Lipinski definition) is 1. The molecule has 2 rings (SSSR count). The molecule has 1 N–H and O–H groups in total. The summed E-state index contributed by atoms with van der Waals surface area (Å²) in [6.07, 6.45) is 5.42. The van der Waals surface area contributed by atoms with Crippen molar-refractivity contribution < 1.29 is 0 Å². The Labute approximate surface area is 97.3 Å². The molecular weight excluding hydrogens is 196 g/mol. The van der Waals surface area contributed by atoms with Crippen molar-refractivity contribution in [2.45, 2.75) is 33.2 Å². The highest BCUT2D eigenvalue weighted by atomic mass is 14.9. The van der Waals surface area contributed by atoms with E-state index < -0.39 is 0 Å². The maximum atomic E-state index is 3.45. The number of pyridine rings is 1. The fourth-order valence-corrected chi connectivity index (χ4v) is 2.20. The summed E-state index contributed by atoms with van der Waals surface area (Å²) in [6, 6.07) is 7.15. The largest absolute Gasteiger partial charge is 0.323 e. The second-order valence-corrected chi connectivity index (χ2v) is 4.50. The molecule has 0 bridgehead atoms. The molecule has 0 radical (unpaired) electrons. The number of rotatable bonds is 4. The first-order valence-corrected chi connectivity index (χ1v) is 6.00. The molecular formula is C14H20N2. The Kier molecular flexibility index (Phi) is 3.30. The van der Waals surface area contributed by atoms with Gasteiger partial charge in [-0.05, 0) is 50.1 Å². The van der Waals surface area contributed by atoms with Crippen LogP contribution in [-0.2, 0) is 6.42 Å². The molecule has 0 saturated heterocycles. The van der Waals surface area contributed by atoms with Crippen LogP contribution in [0.4, 0.5) is 0 Å². The molecule has 2 heteroatoms. The summed E-state index contributed by atoms with van der Waals surface area (Å²) in [5.74, 6) is 0. The van der Waals surface area contributed by atoms with Crippen molar-refractivity contribution in [3.8, 4) is 0 Å². The van der Waals surface area contributed by atoms with Crippen LogP contribution in [0.5, 0.6) is 0 Å². The Hall–Kier alpha value is -1.28. The van der Waals surface area contributed by atoms with Crippen molar-refractivity contribution >= 4 is 5.52 Å². The number of nitrogens with one attached hydrogen (secondary N) is 1. The van der Waals surface area contributed by atoms with Gasteiger partial charge in [0.2, 0.25) is 0 Å². The number of aryl methyl sites for hydroxylation is 1. The zero-order chi connectivity index (χ0) is 11.5. The van der Waals surface area contributed by atoms with Crippen molar-refractivity contribution in [3.05, 3.63) is 41.7 Å². The molecule has 2 nitrogen and oxygen atoms in total. The molecule has 86 valence electrons. The maximum Gasteiger partial charge on any atom is 0.0482 e. The van der Waals surface area contributed by atoms with Crippen LogP contribution in [-0.4, -0.2) is 17.0 Å². The van der Waals surface area contributed by atoms with Gasteiger partial charge in [0.25, 0.3) is 0 Å². The molecule has 16 heavy (non-hydrogen) atoms. The van der Waals surface area contributed by atoms with Crippen LogP contribution >= 0.6 is 0 Å². The van der Waals surface area contributed by atoms with E-state index in [1.807, 2.05) is 0 Å². The van der Waals surface area contributed by atoms with E-state index in [9.17, 15) is 0 Å². The number of nitrogens with zero attached hydrogens (tertiary/aromatic N) is 1. The van der Waals surface area contributed by atoms with Gasteiger partial charge in [-0.15, -0.1) is 0 Å². The Morgan fingerprint density at radius 2 is 2.12 bits per heavy atom. The normalized spacial score (nSPS) is 13.2. The van der Waals surface area contributed by atoms with Gasteiger partial charge >= 0.3 is 0 Å². The van der Waals surface area contributed by atoms with Gasteiger partial charge in [0, 0.05) is 24.0 Å². The molecule has 1 atom stereocenters. The van der Waals surface area contributed by atoms with E-state index in [1.54, 1.807) is 0 Å². The predicted octanol–water partition coefficient (Wildman–Crippen LogP) is 2.79. The fraction of sp³-hybridized carbons (Fsp3) is 0.429. The monoisotopic (exact) mass is 216 g/mol. The van der Waals surface area contributed by atoms with Crippen molar-refractivity contribution in [3.63, 3.8) is 0 Å². The third kappa shape index (κ3) is 2.27. The summed E-state index contributed by atoms with van der Waals surface area (Å²) in [7, 11) is 0. The molecule has 0 aromatic carbocycles. The second kappa shape index (κ2) is 4.71. The molecule has 0 aliphatic carbocycles. The molecule has 0 aliphatic rings. The van der Waals surface area contributed by atoms with Crippen LogP contribution in [0, 0.1) is 6.92 Å². The van der Waals surface area contributed by atoms with Gasteiger partial charge in [0.05, 0.1) is 0 Å². The smallest absolute Gasteiger partial charge is 0.0482 e. The molecule has 0 aliphatic heterocycles. The van der Waals surface area contributed by atoms with Crippen LogP contribution in [0.1, 0.15) is 25.0 Å². The summed E-state index contributed by atoms with van der Waals surface area (Å²) >= 11 is 0. The first kappa shape index (κ1) is 11.2. The summed E-state index contributed by atoms with van der Waals surface area (Å²) in [4.78, 5) is 0. The van der Waals surface area contributed by atoms with Crippen molar-refractivity contribution in [1.82, 2.24) is 9.72 Å². The summed E-state index contributed by atoms with van der Waals surface area (Å²) in [6.45, 7) is 7.55. The predicted molar refractivity (Wildman–Crippen MR) is 69.0 cm³/mol.